The molecule has 0 bridgehead atoms. The Labute approximate surface area is 152 Å². The minimum Gasteiger partial charge on any atom is -0.464 e. The fourth-order valence-electron chi connectivity index (χ4n) is 1.04. The third-order valence-corrected chi connectivity index (χ3v) is 5.30. The van der Waals surface area contributed by atoms with Gasteiger partial charge in [0.25, 0.3) is 0 Å². The van der Waals surface area contributed by atoms with Crippen LogP contribution in [-0.4, -0.2) is 58.7 Å². The summed E-state index contributed by atoms with van der Waals surface area (Å²) >= 11 is 18.0. The fraction of sp³-hybridized carbons (Fsp3) is 0.833. The van der Waals surface area contributed by atoms with E-state index >= 15 is 0 Å². The summed E-state index contributed by atoms with van der Waals surface area (Å²) in [6.45, 7) is 0.553. The molecule has 0 rings (SSSR count). The van der Waals surface area contributed by atoms with Gasteiger partial charge in [-0.1, -0.05) is 0 Å². The van der Waals surface area contributed by atoms with Gasteiger partial charge in [0.1, 0.15) is 13.2 Å². The lowest BCUT2D eigenvalue weighted by atomic mass is 10.5. The Morgan fingerprint density at radius 1 is 0.857 bits per heavy atom. The number of hydrogen-bond acceptors (Lipinski definition) is 9. The van der Waals surface area contributed by atoms with Crippen molar-refractivity contribution >= 4 is 74.2 Å². The summed E-state index contributed by atoms with van der Waals surface area (Å²) in [6, 6.07) is 0. The van der Waals surface area contributed by atoms with Crippen LogP contribution in [0.1, 0.15) is 12.8 Å². The Balaban J connectivity index is 3.46. The van der Waals surface area contributed by atoms with Gasteiger partial charge in [0.2, 0.25) is 0 Å². The van der Waals surface area contributed by atoms with Crippen LogP contribution in [0.4, 0.5) is 0 Å². The number of esters is 2. The van der Waals surface area contributed by atoms with Crippen molar-refractivity contribution in [3.63, 3.8) is 0 Å². The van der Waals surface area contributed by atoms with Crippen LogP contribution in [0.5, 0.6) is 0 Å². The van der Waals surface area contributed by atoms with Crippen molar-refractivity contribution in [3.8, 4) is 0 Å². The van der Waals surface area contributed by atoms with E-state index in [0.29, 0.717) is 35.9 Å². The molecule has 0 saturated carbocycles. The van der Waals surface area contributed by atoms with E-state index in [4.69, 9.17) is 9.47 Å². The van der Waals surface area contributed by atoms with Gasteiger partial charge in [0.05, 0.1) is 12.8 Å². The number of rotatable bonds is 12. The van der Waals surface area contributed by atoms with Gasteiger partial charge >= 0.3 is 11.9 Å². The van der Waals surface area contributed by atoms with Gasteiger partial charge in [-0.05, 0) is 0 Å². The number of ether oxygens (including phenoxy) is 2. The predicted octanol–water partition coefficient (Wildman–Crippen LogP) is 2.04. The first-order valence-electron chi connectivity index (χ1n) is 6.46. The number of hydrogen-bond donors (Lipinski definition) is 4. The second-order valence-corrected chi connectivity index (χ2v) is 7.57. The van der Waals surface area contributed by atoms with Crippen LogP contribution in [0.25, 0.3) is 0 Å². The smallest absolute Gasteiger partial charge is 0.306 e. The Bertz CT molecular complexity index is 275. The Kier molecular flexibility index (Phi) is 14.8. The molecule has 2 unspecified atom stereocenters. The summed E-state index contributed by atoms with van der Waals surface area (Å²) < 4.78 is 10.0. The van der Waals surface area contributed by atoms with Crippen LogP contribution in [-0.2, 0) is 19.1 Å². The van der Waals surface area contributed by atoms with Gasteiger partial charge in [-0.3, -0.25) is 9.59 Å². The van der Waals surface area contributed by atoms with Gasteiger partial charge in [0.15, 0.2) is 0 Å². The average molecular weight is 391 g/mol. The van der Waals surface area contributed by atoms with E-state index < -0.39 is 0 Å². The van der Waals surface area contributed by atoms with Crippen molar-refractivity contribution in [1.82, 2.24) is 0 Å². The lowest BCUT2D eigenvalue weighted by Gasteiger charge is -2.09. The largest absolute Gasteiger partial charge is 0.464 e. The molecule has 0 N–H and O–H groups in total. The molecule has 4 nitrogen and oxygen atoms in total. The maximum Gasteiger partial charge on any atom is 0.306 e. The molecule has 0 radical (unpaired) electrons. The van der Waals surface area contributed by atoms with E-state index in [1.54, 1.807) is 0 Å². The van der Waals surface area contributed by atoms with Crippen molar-refractivity contribution in [1.29, 1.82) is 0 Å². The van der Waals surface area contributed by atoms with Gasteiger partial charge in [-0.15, -0.1) is 0 Å². The topological polar surface area (TPSA) is 52.6 Å². The quantitative estimate of drug-likeness (QED) is 0.233. The Morgan fingerprint density at radius 3 is 1.57 bits per heavy atom. The zero-order valence-electron chi connectivity index (χ0n) is 11.6. The third kappa shape index (κ3) is 14.0. The van der Waals surface area contributed by atoms with Crippen LogP contribution in [0.2, 0.25) is 0 Å². The number of thiol groups is 4. The molecule has 0 saturated heterocycles. The standard InChI is InChI=1S/C12H22O4S5/c13-11(15-5-9(19)7-17)1-3-21-4-2-12(14)16-6-10(20)8-18/h9-10,17-20H,1-8H2. The van der Waals surface area contributed by atoms with Crippen LogP contribution in [0, 0.1) is 0 Å². The van der Waals surface area contributed by atoms with Crippen LogP contribution < -0.4 is 0 Å². The minimum absolute atomic E-state index is 0.0346. The van der Waals surface area contributed by atoms with Gasteiger partial charge in [-0.25, -0.2) is 0 Å². The summed E-state index contributed by atoms with van der Waals surface area (Å²) in [5.74, 6) is 1.86. The molecule has 0 aliphatic heterocycles. The molecule has 2 atom stereocenters. The maximum atomic E-state index is 11.4. The van der Waals surface area contributed by atoms with Crippen molar-refractivity contribution in [3.05, 3.63) is 0 Å². The lowest BCUT2D eigenvalue weighted by molar-refractivity contribution is -0.143. The second-order valence-electron chi connectivity index (χ2n) is 4.15. The predicted molar refractivity (Wildman–Crippen MR) is 102 cm³/mol. The van der Waals surface area contributed by atoms with Gasteiger partial charge in [0, 0.05) is 33.5 Å². The molecule has 21 heavy (non-hydrogen) atoms. The van der Waals surface area contributed by atoms with E-state index in [2.05, 4.69) is 50.5 Å². The molecule has 0 fully saturated rings. The molecule has 0 aromatic carbocycles. The van der Waals surface area contributed by atoms with Crippen molar-refractivity contribution in [2.45, 2.75) is 23.3 Å². The maximum absolute atomic E-state index is 11.4. The van der Waals surface area contributed by atoms with E-state index in [9.17, 15) is 9.59 Å². The fourth-order valence-corrected chi connectivity index (χ4v) is 2.23. The molecule has 0 amide bonds. The first-order valence-corrected chi connectivity index (χ1v) is 9.91. The number of carbonyl (C=O) groups excluding carboxylic acids is 2. The molecular formula is C12H22O4S5. The highest BCUT2D eigenvalue weighted by Gasteiger charge is 2.09. The summed E-state index contributed by atoms with van der Waals surface area (Å²) in [6.07, 6.45) is 0.649. The van der Waals surface area contributed by atoms with Crippen LogP contribution in [0.3, 0.4) is 0 Å². The number of carbonyl (C=O) groups is 2. The molecule has 0 spiro atoms. The highest BCUT2D eigenvalue weighted by molar-refractivity contribution is 7.99. The minimum atomic E-state index is -0.252. The van der Waals surface area contributed by atoms with Crippen molar-refractivity contribution < 1.29 is 19.1 Å². The van der Waals surface area contributed by atoms with E-state index in [1.165, 1.54) is 11.8 Å². The monoisotopic (exact) mass is 390 g/mol. The van der Waals surface area contributed by atoms with Gasteiger partial charge in [-0.2, -0.15) is 62.3 Å². The zero-order chi connectivity index (χ0) is 16.1. The van der Waals surface area contributed by atoms with Crippen molar-refractivity contribution in [2.75, 3.05) is 36.2 Å². The van der Waals surface area contributed by atoms with Crippen LogP contribution >= 0.6 is 62.3 Å². The molecular weight excluding hydrogens is 368 g/mol. The molecule has 0 aliphatic carbocycles. The molecule has 0 aromatic heterocycles. The molecule has 0 heterocycles. The normalized spacial score (nSPS) is 13.5. The van der Waals surface area contributed by atoms with E-state index in [-0.39, 0.29) is 35.7 Å². The SMILES string of the molecule is O=C(CCSCCC(=O)OCC(S)CS)OCC(S)CS. The number of thioether (sulfide) groups is 1. The third-order valence-electron chi connectivity index (χ3n) is 2.20. The zero-order valence-corrected chi connectivity index (χ0v) is 16.0. The lowest BCUT2D eigenvalue weighted by Crippen LogP contribution is -2.16. The van der Waals surface area contributed by atoms with E-state index in [1.807, 2.05) is 0 Å². The highest BCUT2D eigenvalue weighted by Crippen LogP contribution is 2.08. The van der Waals surface area contributed by atoms with Gasteiger partial charge < -0.3 is 9.47 Å². The second kappa shape index (κ2) is 14.3. The Hall–Kier alpha value is 0.690. The summed E-state index contributed by atoms with van der Waals surface area (Å²) in [7, 11) is 0. The van der Waals surface area contributed by atoms with Crippen molar-refractivity contribution in [2.24, 2.45) is 0 Å². The van der Waals surface area contributed by atoms with E-state index in [0.717, 1.165) is 0 Å². The first-order chi connectivity index (χ1) is 9.99. The highest BCUT2D eigenvalue weighted by atomic mass is 32.2. The molecule has 0 aliphatic rings. The van der Waals surface area contributed by atoms with Crippen LogP contribution in [0.15, 0.2) is 0 Å². The molecule has 9 heteroatoms. The summed E-state index contributed by atoms with van der Waals surface area (Å²) in [4.78, 5) is 22.7. The summed E-state index contributed by atoms with van der Waals surface area (Å²) in [5.41, 5.74) is 0. The molecule has 124 valence electrons. The average Bonchev–Trinajstić information content (AvgIpc) is 2.49. The summed E-state index contributed by atoms with van der Waals surface area (Å²) in [5, 5.41) is -0.0692. The molecule has 0 aromatic rings. The first kappa shape index (κ1) is 21.7. The Morgan fingerprint density at radius 2 is 1.24 bits per heavy atom.